The number of ketones is 2. The SMILES string of the molecule is COC(=O)[C@@]1(C)CCC(=O)C(C)=C1/C=C/C(C)=C\CCC(C)=O. The number of methoxy groups -OCH3 is 1. The van der Waals surface area contributed by atoms with Crippen LogP contribution in [0.2, 0.25) is 0 Å². The van der Waals surface area contributed by atoms with Crippen molar-refractivity contribution in [3.8, 4) is 0 Å². The summed E-state index contributed by atoms with van der Waals surface area (Å²) in [5, 5.41) is 0. The van der Waals surface area contributed by atoms with Crippen molar-refractivity contribution in [2.24, 2.45) is 5.41 Å². The maximum absolute atomic E-state index is 12.2. The van der Waals surface area contributed by atoms with Crippen LogP contribution in [0.1, 0.15) is 53.4 Å². The van der Waals surface area contributed by atoms with Crippen LogP contribution in [0.3, 0.4) is 0 Å². The third kappa shape index (κ3) is 4.75. The first kappa shape index (κ1) is 19.1. The van der Waals surface area contributed by atoms with Gasteiger partial charge in [0.15, 0.2) is 5.78 Å². The second kappa shape index (κ2) is 8.04. The number of allylic oxidation sites excluding steroid dienone is 5. The number of Topliss-reactive ketones (excluding diaryl/α,β-unsaturated/α-hetero) is 2. The molecule has 1 aliphatic carbocycles. The molecule has 4 nitrogen and oxygen atoms in total. The molecule has 0 spiro atoms. The topological polar surface area (TPSA) is 60.4 Å². The average Bonchev–Trinajstić information content (AvgIpc) is 2.50. The van der Waals surface area contributed by atoms with Crippen molar-refractivity contribution in [2.45, 2.75) is 53.4 Å². The standard InChI is InChI=1S/C19H26O4/c1-13(7-6-8-14(2)20)9-10-16-15(3)17(21)11-12-19(16,4)18(22)23-5/h7,9-10H,6,8,11-12H2,1-5H3/b10-9+,13-7-/t19-/m0/s1. The molecule has 0 amide bonds. The van der Waals surface area contributed by atoms with E-state index in [9.17, 15) is 14.4 Å². The van der Waals surface area contributed by atoms with E-state index in [4.69, 9.17) is 4.74 Å². The molecule has 126 valence electrons. The third-order valence-corrected chi connectivity index (χ3v) is 4.38. The molecule has 0 N–H and O–H groups in total. The predicted molar refractivity (Wildman–Crippen MR) is 89.9 cm³/mol. The Hall–Kier alpha value is -1.97. The number of ether oxygens (including phenoxy) is 1. The van der Waals surface area contributed by atoms with E-state index in [-0.39, 0.29) is 17.5 Å². The van der Waals surface area contributed by atoms with Crippen molar-refractivity contribution in [2.75, 3.05) is 7.11 Å². The summed E-state index contributed by atoms with van der Waals surface area (Å²) >= 11 is 0. The Kier molecular flexibility index (Phi) is 6.67. The Morgan fingerprint density at radius 3 is 2.52 bits per heavy atom. The van der Waals surface area contributed by atoms with Gasteiger partial charge < -0.3 is 9.53 Å². The first-order chi connectivity index (χ1) is 10.7. The fraction of sp³-hybridized carbons (Fsp3) is 0.526. The lowest BCUT2D eigenvalue weighted by Gasteiger charge is -2.33. The summed E-state index contributed by atoms with van der Waals surface area (Å²) in [6.45, 7) is 7.09. The van der Waals surface area contributed by atoms with Gasteiger partial charge in [-0.2, -0.15) is 0 Å². The first-order valence-electron chi connectivity index (χ1n) is 7.89. The Balaban J connectivity index is 3.06. The second-order valence-electron chi connectivity index (χ2n) is 6.31. The van der Waals surface area contributed by atoms with Crippen LogP contribution in [-0.2, 0) is 19.1 Å². The summed E-state index contributed by atoms with van der Waals surface area (Å²) in [4.78, 5) is 35.1. The van der Waals surface area contributed by atoms with Crippen LogP contribution in [0.15, 0.2) is 34.9 Å². The molecule has 0 fully saturated rings. The van der Waals surface area contributed by atoms with Crippen molar-refractivity contribution in [1.29, 1.82) is 0 Å². The summed E-state index contributed by atoms with van der Waals surface area (Å²) in [6.07, 6.45) is 7.74. The van der Waals surface area contributed by atoms with E-state index in [0.29, 0.717) is 31.3 Å². The van der Waals surface area contributed by atoms with Gasteiger partial charge in [-0.15, -0.1) is 0 Å². The van der Waals surface area contributed by atoms with Gasteiger partial charge in [-0.1, -0.05) is 23.8 Å². The molecule has 0 bridgehead atoms. The number of esters is 1. The molecular weight excluding hydrogens is 292 g/mol. The molecule has 0 aromatic carbocycles. The molecule has 0 unspecified atom stereocenters. The smallest absolute Gasteiger partial charge is 0.316 e. The van der Waals surface area contributed by atoms with E-state index in [1.165, 1.54) is 7.11 Å². The average molecular weight is 318 g/mol. The summed E-state index contributed by atoms with van der Waals surface area (Å²) in [5.74, 6) is -0.0841. The molecule has 0 aromatic heterocycles. The van der Waals surface area contributed by atoms with E-state index in [1.54, 1.807) is 13.8 Å². The van der Waals surface area contributed by atoms with Crippen LogP contribution in [-0.4, -0.2) is 24.6 Å². The minimum absolute atomic E-state index is 0.0734. The van der Waals surface area contributed by atoms with E-state index < -0.39 is 5.41 Å². The highest BCUT2D eigenvalue weighted by Crippen LogP contribution is 2.41. The predicted octanol–water partition coefficient (Wildman–Crippen LogP) is 3.72. The second-order valence-corrected chi connectivity index (χ2v) is 6.31. The van der Waals surface area contributed by atoms with Gasteiger partial charge in [0.1, 0.15) is 5.78 Å². The monoisotopic (exact) mass is 318 g/mol. The minimum Gasteiger partial charge on any atom is -0.468 e. The van der Waals surface area contributed by atoms with Gasteiger partial charge in [0, 0.05) is 12.8 Å². The molecule has 0 heterocycles. The first-order valence-corrected chi connectivity index (χ1v) is 7.89. The minimum atomic E-state index is -0.789. The fourth-order valence-electron chi connectivity index (χ4n) is 2.78. The van der Waals surface area contributed by atoms with Crippen molar-refractivity contribution in [1.82, 2.24) is 0 Å². The molecule has 0 aliphatic heterocycles. The van der Waals surface area contributed by atoms with E-state index in [1.807, 2.05) is 32.1 Å². The van der Waals surface area contributed by atoms with E-state index >= 15 is 0 Å². The Bertz CT molecular complexity index is 592. The van der Waals surface area contributed by atoms with Crippen LogP contribution in [0, 0.1) is 5.41 Å². The van der Waals surface area contributed by atoms with Crippen LogP contribution in [0.5, 0.6) is 0 Å². The van der Waals surface area contributed by atoms with Crippen LogP contribution >= 0.6 is 0 Å². The summed E-state index contributed by atoms with van der Waals surface area (Å²) < 4.78 is 4.93. The zero-order chi connectivity index (χ0) is 17.6. The highest BCUT2D eigenvalue weighted by Gasteiger charge is 2.42. The molecule has 0 aromatic rings. The molecule has 1 aliphatic rings. The van der Waals surface area contributed by atoms with Crippen molar-refractivity contribution < 1.29 is 19.1 Å². The van der Waals surface area contributed by atoms with E-state index in [2.05, 4.69) is 0 Å². The maximum atomic E-state index is 12.2. The summed E-state index contributed by atoms with van der Waals surface area (Å²) in [7, 11) is 1.37. The summed E-state index contributed by atoms with van der Waals surface area (Å²) in [5.41, 5.74) is 1.55. The van der Waals surface area contributed by atoms with Crippen LogP contribution in [0.4, 0.5) is 0 Å². The van der Waals surface area contributed by atoms with Gasteiger partial charge in [0.25, 0.3) is 0 Å². The number of hydrogen-bond donors (Lipinski definition) is 0. The number of carbonyl (C=O) groups excluding carboxylic acids is 3. The molecule has 23 heavy (non-hydrogen) atoms. The largest absolute Gasteiger partial charge is 0.468 e. The molecule has 0 saturated heterocycles. The van der Waals surface area contributed by atoms with Crippen LogP contribution < -0.4 is 0 Å². The number of carbonyl (C=O) groups is 3. The van der Waals surface area contributed by atoms with Gasteiger partial charge in [-0.25, -0.2) is 0 Å². The highest BCUT2D eigenvalue weighted by atomic mass is 16.5. The Morgan fingerprint density at radius 2 is 1.96 bits per heavy atom. The fourth-order valence-corrected chi connectivity index (χ4v) is 2.78. The van der Waals surface area contributed by atoms with Gasteiger partial charge in [-0.05, 0) is 51.7 Å². The zero-order valence-electron chi connectivity index (χ0n) is 14.7. The molecular formula is C19H26O4. The molecule has 0 radical (unpaired) electrons. The van der Waals surface area contributed by atoms with Gasteiger partial charge in [0.05, 0.1) is 12.5 Å². The summed E-state index contributed by atoms with van der Waals surface area (Å²) in [6, 6.07) is 0. The third-order valence-electron chi connectivity index (χ3n) is 4.38. The molecule has 4 heteroatoms. The lowest BCUT2D eigenvalue weighted by molar-refractivity contribution is -0.150. The Morgan fingerprint density at radius 1 is 1.30 bits per heavy atom. The van der Waals surface area contributed by atoms with Crippen molar-refractivity contribution in [3.05, 3.63) is 34.9 Å². The number of rotatable bonds is 6. The molecule has 0 saturated carbocycles. The molecule has 1 rings (SSSR count). The number of hydrogen-bond acceptors (Lipinski definition) is 4. The lowest BCUT2D eigenvalue weighted by Crippen LogP contribution is -2.35. The maximum Gasteiger partial charge on any atom is 0.316 e. The lowest BCUT2D eigenvalue weighted by atomic mass is 9.70. The molecule has 1 atom stereocenters. The van der Waals surface area contributed by atoms with Gasteiger partial charge in [0.2, 0.25) is 0 Å². The quantitative estimate of drug-likeness (QED) is 0.553. The van der Waals surface area contributed by atoms with Crippen molar-refractivity contribution in [3.63, 3.8) is 0 Å². The normalized spacial score (nSPS) is 22.7. The van der Waals surface area contributed by atoms with Gasteiger partial charge >= 0.3 is 5.97 Å². The van der Waals surface area contributed by atoms with Gasteiger partial charge in [-0.3, -0.25) is 9.59 Å². The zero-order valence-corrected chi connectivity index (χ0v) is 14.7. The van der Waals surface area contributed by atoms with Crippen LogP contribution in [0.25, 0.3) is 0 Å². The Labute approximate surface area is 138 Å². The highest BCUT2D eigenvalue weighted by molar-refractivity contribution is 6.00. The van der Waals surface area contributed by atoms with Crippen molar-refractivity contribution >= 4 is 17.5 Å². The van der Waals surface area contributed by atoms with E-state index in [0.717, 1.165) is 11.1 Å².